The van der Waals surface area contributed by atoms with Crippen molar-refractivity contribution < 1.29 is 9.53 Å². The average molecular weight is 122 g/mol. The van der Waals surface area contributed by atoms with Gasteiger partial charge >= 0.3 is 5.97 Å². The number of ether oxygens (including phenoxy) is 1. The highest BCUT2D eigenvalue weighted by Gasteiger charge is 2.19. The standard InChI is InChI=1S/C5H2N2O2/c8-5-3-1-6-2-4(7-3)9-5/h1-2H. The third-order valence-corrected chi connectivity index (χ3v) is 1.02. The fourth-order valence-electron chi connectivity index (χ4n) is 0.643. The highest BCUT2D eigenvalue weighted by atomic mass is 16.5. The van der Waals surface area contributed by atoms with E-state index in [1.165, 1.54) is 12.4 Å². The number of rotatable bonds is 0. The molecule has 0 amide bonds. The third-order valence-electron chi connectivity index (χ3n) is 1.02. The van der Waals surface area contributed by atoms with E-state index in [1.54, 1.807) is 0 Å². The van der Waals surface area contributed by atoms with Crippen molar-refractivity contribution in [2.45, 2.75) is 0 Å². The van der Waals surface area contributed by atoms with Crippen LogP contribution in [-0.2, 0) is 0 Å². The van der Waals surface area contributed by atoms with E-state index in [0.29, 0.717) is 0 Å². The maximum absolute atomic E-state index is 10.6. The number of hydrogen-bond donors (Lipinski definition) is 0. The molecule has 4 heteroatoms. The molecule has 0 aliphatic carbocycles. The Kier molecular flexibility index (Phi) is 0.631. The molecule has 0 radical (unpaired) electrons. The van der Waals surface area contributed by atoms with Crippen LogP contribution >= 0.6 is 0 Å². The first-order chi connectivity index (χ1) is 4.36. The van der Waals surface area contributed by atoms with Crippen LogP contribution in [0.3, 0.4) is 0 Å². The molecule has 2 heterocycles. The molecule has 0 atom stereocenters. The lowest BCUT2D eigenvalue weighted by molar-refractivity contribution is 0.0755. The Bertz CT molecular complexity index is 271. The second kappa shape index (κ2) is 1.28. The summed E-state index contributed by atoms with van der Waals surface area (Å²) >= 11 is 0. The van der Waals surface area contributed by atoms with Gasteiger partial charge in [0.25, 0.3) is 0 Å². The van der Waals surface area contributed by atoms with E-state index < -0.39 is 5.97 Å². The third kappa shape index (κ3) is 0.495. The number of aromatic nitrogens is 2. The summed E-state index contributed by atoms with van der Waals surface area (Å²) in [5, 5.41) is 0. The van der Waals surface area contributed by atoms with Crippen LogP contribution < -0.4 is 4.74 Å². The molecule has 0 aromatic carbocycles. The lowest BCUT2D eigenvalue weighted by Gasteiger charge is -1.82. The van der Waals surface area contributed by atoms with Crippen molar-refractivity contribution in [3.8, 4) is 5.88 Å². The Morgan fingerprint density at radius 3 is 3.00 bits per heavy atom. The molecule has 1 aromatic heterocycles. The second-order valence-electron chi connectivity index (χ2n) is 1.63. The monoisotopic (exact) mass is 122 g/mol. The molecule has 4 nitrogen and oxygen atoms in total. The summed E-state index contributed by atoms with van der Waals surface area (Å²) in [6, 6.07) is 0. The molecule has 0 spiro atoms. The second-order valence-corrected chi connectivity index (χ2v) is 1.63. The molecule has 0 N–H and O–H groups in total. The van der Waals surface area contributed by atoms with Gasteiger partial charge in [-0.3, -0.25) is 4.98 Å². The zero-order valence-corrected chi connectivity index (χ0v) is 4.37. The van der Waals surface area contributed by atoms with Crippen LogP contribution in [0.4, 0.5) is 0 Å². The molecule has 9 heavy (non-hydrogen) atoms. The topological polar surface area (TPSA) is 52.1 Å². The molecule has 2 rings (SSSR count). The number of carbonyl (C=O) groups excluding carboxylic acids is 1. The van der Waals surface area contributed by atoms with Gasteiger partial charge in [0.1, 0.15) is 0 Å². The Hall–Kier alpha value is -1.45. The molecule has 1 aliphatic rings. The largest absolute Gasteiger partial charge is 0.401 e. The molecule has 2 bridgehead atoms. The van der Waals surface area contributed by atoms with Crippen LogP contribution in [0.5, 0.6) is 5.88 Å². The summed E-state index contributed by atoms with van der Waals surface area (Å²) in [5.74, 6) is -0.125. The number of fused-ring (bicyclic) bond motifs is 2. The van der Waals surface area contributed by atoms with E-state index in [9.17, 15) is 4.79 Å². The van der Waals surface area contributed by atoms with E-state index in [2.05, 4.69) is 14.7 Å². The smallest absolute Gasteiger partial charge is 0.365 e. The minimum atomic E-state index is -0.414. The van der Waals surface area contributed by atoms with Crippen LogP contribution in [0.2, 0.25) is 0 Å². The van der Waals surface area contributed by atoms with Gasteiger partial charge < -0.3 is 4.74 Å². The SMILES string of the molecule is O=C1Oc2cncc1n2. The van der Waals surface area contributed by atoms with E-state index in [1.807, 2.05) is 0 Å². The number of nitrogens with zero attached hydrogens (tertiary/aromatic N) is 2. The van der Waals surface area contributed by atoms with Crippen LogP contribution in [0.15, 0.2) is 12.4 Å². The Labute approximate surface area is 50.5 Å². The van der Waals surface area contributed by atoms with Crippen LogP contribution in [0.25, 0.3) is 0 Å². The van der Waals surface area contributed by atoms with Gasteiger partial charge in [-0.2, -0.15) is 0 Å². The van der Waals surface area contributed by atoms with Crippen molar-refractivity contribution in [2.75, 3.05) is 0 Å². The Morgan fingerprint density at radius 2 is 2.33 bits per heavy atom. The van der Waals surface area contributed by atoms with Crippen molar-refractivity contribution in [1.82, 2.24) is 9.97 Å². The van der Waals surface area contributed by atoms with Crippen molar-refractivity contribution in [2.24, 2.45) is 0 Å². The first-order valence-electron chi connectivity index (χ1n) is 2.40. The normalized spacial score (nSPS) is 13.6. The number of esters is 1. The van der Waals surface area contributed by atoms with Gasteiger partial charge in [-0.25, -0.2) is 9.78 Å². The molecule has 0 unspecified atom stereocenters. The minimum absolute atomic E-state index is 0.285. The lowest BCUT2D eigenvalue weighted by atomic mass is 10.5. The molecule has 44 valence electrons. The summed E-state index contributed by atoms with van der Waals surface area (Å²) in [6.07, 6.45) is 2.77. The predicted molar refractivity (Wildman–Crippen MR) is 27.0 cm³/mol. The van der Waals surface area contributed by atoms with Crippen LogP contribution in [-0.4, -0.2) is 15.9 Å². The molecule has 1 aromatic rings. The first-order valence-corrected chi connectivity index (χ1v) is 2.40. The van der Waals surface area contributed by atoms with Crippen LogP contribution in [0, 0.1) is 0 Å². The average Bonchev–Trinajstić information content (AvgIpc) is 2.09. The lowest BCUT2D eigenvalue weighted by Crippen LogP contribution is -1.99. The summed E-state index contributed by atoms with van der Waals surface area (Å²) in [5.41, 5.74) is 0.285. The molecule has 0 saturated heterocycles. The van der Waals surface area contributed by atoms with Gasteiger partial charge in [-0.1, -0.05) is 0 Å². The quantitative estimate of drug-likeness (QED) is 0.455. The summed E-state index contributed by atoms with van der Waals surface area (Å²) in [4.78, 5) is 18.0. The van der Waals surface area contributed by atoms with E-state index >= 15 is 0 Å². The van der Waals surface area contributed by atoms with Crippen molar-refractivity contribution in [3.63, 3.8) is 0 Å². The summed E-state index contributed by atoms with van der Waals surface area (Å²) in [7, 11) is 0. The van der Waals surface area contributed by atoms with Gasteiger partial charge in [0.15, 0.2) is 5.69 Å². The van der Waals surface area contributed by atoms with Crippen molar-refractivity contribution in [3.05, 3.63) is 18.1 Å². The maximum Gasteiger partial charge on any atom is 0.365 e. The van der Waals surface area contributed by atoms with Gasteiger partial charge in [0, 0.05) is 0 Å². The van der Waals surface area contributed by atoms with Crippen molar-refractivity contribution >= 4 is 5.97 Å². The minimum Gasteiger partial charge on any atom is -0.401 e. The Morgan fingerprint density at radius 1 is 1.44 bits per heavy atom. The molecular formula is C5H2N2O2. The number of hydrogen-bond acceptors (Lipinski definition) is 4. The fourth-order valence-corrected chi connectivity index (χ4v) is 0.643. The predicted octanol–water partition coefficient (Wildman–Crippen LogP) is 0.00920. The Balaban J connectivity index is 2.69. The van der Waals surface area contributed by atoms with Gasteiger partial charge in [0.05, 0.1) is 12.4 Å². The van der Waals surface area contributed by atoms with E-state index in [0.717, 1.165) is 0 Å². The van der Waals surface area contributed by atoms with Crippen molar-refractivity contribution in [1.29, 1.82) is 0 Å². The van der Waals surface area contributed by atoms with Crippen LogP contribution in [0.1, 0.15) is 10.5 Å². The fraction of sp³-hybridized carbons (Fsp3) is 0. The summed E-state index contributed by atoms with van der Waals surface area (Å²) < 4.78 is 4.58. The van der Waals surface area contributed by atoms with Gasteiger partial charge in [0.2, 0.25) is 5.88 Å². The molecule has 0 fully saturated rings. The number of carbonyl (C=O) groups is 1. The summed E-state index contributed by atoms with van der Waals surface area (Å²) in [6.45, 7) is 0. The van der Waals surface area contributed by atoms with E-state index in [-0.39, 0.29) is 11.6 Å². The molecule has 0 saturated carbocycles. The highest BCUT2D eigenvalue weighted by Crippen LogP contribution is 2.13. The molecule has 1 aliphatic heterocycles. The highest BCUT2D eigenvalue weighted by molar-refractivity contribution is 5.90. The zero-order chi connectivity index (χ0) is 6.27. The first kappa shape index (κ1) is 4.43. The molecular weight excluding hydrogens is 120 g/mol. The zero-order valence-electron chi connectivity index (χ0n) is 4.37. The maximum atomic E-state index is 10.6. The van der Waals surface area contributed by atoms with Gasteiger partial charge in [-0.05, 0) is 0 Å². The van der Waals surface area contributed by atoms with Gasteiger partial charge in [-0.15, -0.1) is 0 Å². The van der Waals surface area contributed by atoms with E-state index in [4.69, 9.17) is 0 Å².